The van der Waals surface area contributed by atoms with E-state index in [9.17, 15) is 18.0 Å². The van der Waals surface area contributed by atoms with Gasteiger partial charge in [0.1, 0.15) is 4.88 Å². The molecule has 2 amide bonds. The largest absolute Gasteiger partial charge is 0.370 e. The maximum atomic E-state index is 12.6. The maximum absolute atomic E-state index is 12.6. The molecule has 7 N–H and O–H groups in total. The van der Waals surface area contributed by atoms with Gasteiger partial charge in [-0.05, 0) is 30.5 Å². The Bertz CT molecular complexity index is 1060. The molecule has 11 nitrogen and oxygen atoms in total. The van der Waals surface area contributed by atoms with E-state index in [4.69, 9.17) is 11.1 Å². The summed E-state index contributed by atoms with van der Waals surface area (Å²) in [6, 6.07) is 7.35. The summed E-state index contributed by atoms with van der Waals surface area (Å²) in [5, 5.41) is 15.5. The highest BCUT2D eigenvalue weighted by Crippen LogP contribution is 2.24. The minimum Gasteiger partial charge on any atom is -0.370 e. The molecule has 14 heteroatoms. The van der Waals surface area contributed by atoms with Crippen LogP contribution in [-0.2, 0) is 27.7 Å². The average molecular weight is 504 g/mol. The average Bonchev–Trinajstić information content (AvgIpc) is 3.05. The molecule has 0 spiro atoms. The minimum atomic E-state index is -3.34. The summed E-state index contributed by atoms with van der Waals surface area (Å²) < 4.78 is 24.5. The van der Waals surface area contributed by atoms with Crippen LogP contribution >= 0.6 is 23.7 Å². The third kappa shape index (κ3) is 9.60. The van der Waals surface area contributed by atoms with Gasteiger partial charge in [0.25, 0.3) is 5.91 Å². The number of carbonyl (C=O) groups is 2. The number of nitrogens with one attached hydrogen (secondary N) is 5. The summed E-state index contributed by atoms with van der Waals surface area (Å²) in [4.78, 5) is 28.7. The summed E-state index contributed by atoms with van der Waals surface area (Å²) in [6.07, 6.45) is 2.10. The Morgan fingerprint density at radius 2 is 1.78 bits per heavy atom. The van der Waals surface area contributed by atoms with Gasteiger partial charge in [0.15, 0.2) is 11.1 Å². The summed E-state index contributed by atoms with van der Waals surface area (Å²) in [7, 11) is -3.34. The molecule has 176 valence electrons. The van der Waals surface area contributed by atoms with Crippen molar-refractivity contribution in [1.29, 1.82) is 5.41 Å². The smallest absolute Gasteiger partial charge is 0.263 e. The lowest BCUT2D eigenvalue weighted by atomic mass is 10.1. The number of amides is 2. The van der Waals surface area contributed by atoms with Gasteiger partial charge in [0.2, 0.25) is 15.9 Å². The quantitative estimate of drug-likeness (QED) is 0.158. The van der Waals surface area contributed by atoms with E-state index in [1.807, 2.05) is 12.1 Å². The first-order chi connectivity index (χ1) is 14.5. The highest BCUT2D eigenvalue weighted by atomic mass is 35.5. The van der Waals surface area contributed by atoms with Crippen LogP contribution in [0.15, 0.2) is 24.3 Å². The highest BCUT2D eigenvalue weighted by molar-refractivity contribution is 7.88. The van der Waals surface area contributed by atoms with E-state index in [-0.39, 0.29) is 43.3 Å². The first kappa shape index (κ1) is 27.3. The van der Waals surface area contributed by atoms with Gasteiger partial charge >= 0.3 is 0 Å². The van der Waals surface area contributed by atoms with Crippen LogP contribution in [0.25, 0.3) is 0 Å². The SMILES string of the molecule is CC(=O)Nc1nc(CCc2ccc(NC(=N)N)cc2)c(C(=O)NCCNS(C)(=O)=O)s1.Cl. The molecule has 32 heavy (non-hydrogen) atoms. The predicted molar refractivity (Wildman–Crippen MR) is 128 cm³/mol. The van der Waals surface area contributed by atoms with Crippen molar-refractivity contribution in [1.82, 2.24) is 15.0 Å². The fourth-order valence-corrected chi connectivity index (χ4v) is 4.02. The van der Waals surface area contributed by atoms with Crippen LogP contribution in [0.1, 0.15) is 27.9 Å². The Kier molecular flexibility index (Phi) is 10.5. The second-order valence-electron chi connectivity index (χ2n) is 6.63. The number of hydrogen-bond acceptors (Lipinski definition) is 7. The van der Waals surface area contributed by atoms with Gasteiger partial charge in [0, 0.05) is 25.7 Å². The molecule has 2 rings (SSSR count). The second kappa shape index (κ2) is 12.3. The zero-order valence-electron chi connectivity index (χ0n) is 17.5. The molecule has 0 radical (unpaired) electrons. The normalized spacial score (nSPS) is 10.7. The molecule has 0 bridgehead atoms. The molecule has 1 aromatic carbocycles. The molecule has 0 fully saturated rings. The predicted octanol–water partition coefficient (Wildman–Crippen LogP) is 0.893. The van der Waals surface area contributed by atoms with E-state index in [0.717, 1.165) is 23.2 Å². The van der Waals surface area contributed by atoms with Crippen molar-refractivity contribution in [3.63, 3.8) is 0 Å². The van der Waals surface area contributed by atoms with E-state index in [0.29, 0.717) is 34.2 Å². The Hall–Kier alpha value is -2.74. The van der Waals surface area contributed by atoms with Crippen molar-refractivity contribution in [2.45, 2.75) is 19.8 Å². The van der Waals surface area contributed by atoms with E-state index >= 15 is 0 Å². The number of anilines is 2. The minimum absolute atomic E-state index is 0. The summed E-state index contributed by atoms with van der Waals surface area (Å²) in [6.45, 7) is 1.54. The number of rotatable bonds is 10. The lowest BCUT2D eigenvalue weighted by Gasteiger charge is -2.07. The van der Waals surface area contributed by atoms with Crippen LogP contribution in [0, 0.1) is 5.41 Å². The molecule has 0 aliphatic rings. The molecule has 0 aliphatic carbocycles. The second-order valence-corrected chi connectivity index (χ2v) is 9.47. The number of nitrogens with zero attached hydrogens (tertiary/aromatic N) is 1. The lowest BCUT2D eigenvalue weighted by Crippen LogP contribution is -2.34. The van der Waals surface area contributed by atoms with E-state index < -0.39 is 10.0 Å². The third-order valence-corrected chi connectivity index (χ3v) is 5.59. The number of benzene rings is 1. The number of sulfonamides is 1. The summed E-state index contributed by atoms with van der Waals surface area (Å²) in [5.41, 5.74) is 7.53. The van der Waals surface area contributed by atoms with Crippen LogP contribution in [-0.4, -0.2) is 50.5 Å². The monoisotopic (exact) mass is 503 g/mol. The van der Waals surface area contributed by atoms with Crippen molar-refractivity contribution >= 4 is 62.4 Å². The fourth-order valence-electron chi connectivity index (χ4n) is 2.57. The van der Waals surface area contributed by atoms with Crippen LogP contribution in [0.5, 0.6) is 0 Å². The molecule has 0 saturated carbocycles. The maximum Gasteiger partial charge on any atom is 0.263 e. The molecule has 1 aromatic heterocycles. The highest BCUT2D eigenvalue weighted by Gasteiger charge is 2.18. The van der Waals surface area contributed by atoms with Gasteiger partial charge in [-0.1, -0.05) is 23.5 Å². The first-order valence-electron chi connectivity index (χ1n) is 9.23. The molecule has 2 aromatic rings. The molecule has 0 atom stereocenters. The zero-order chi connectivity index (χ0) is 23.0. The number of nitrogens with two attached hydrogens (primary N) is 1. The van der Waals surface area contributed by atoms with E-state index in [2.05, 4.69) is 25.7 Å². The fraction of sp³-hybridized carbons (Fsp3) is 0.333. The van der Waals surface area contributed by atoms with Gasteiger partial charge in [-0.25, -0.2) is 18.1 Å². The van der Waals surface area contributed by atoms with Crippen molar-refractivity contribution in [2.24, 2.45) is 5.73 Å². The lowest BCUT2D eigenvalue weighted by molar-refractivity contribution is -0.114. The first-order valence-corrected chi connectivity index (χ1v) is 11.9. The van der Waals surface area contributed by atoms with Crippen LogP contribution in [0.2, 0.25) is 0 Å². The van der Waals surface area contributed by atoms with E-state index in [1.165, 1.54) is 6.92 Å². The Labute approximate surface area is 196 Å². The van der Waals surface area contributed by atoms with Gasteiger partial charge in [-0.2, -0.15) is 0 Å². The Balaban J connectivity index is 0.00000512. The Morgan fingerprint density at radius 3 is 2.34 bits per heavy atom. The standard InChI is InChI=1S/C18H25N7O4S2.ClH/c1-11(26)23-18-25-14(8-5-12-3-6-13(7-4-12)24-17(19)20)15(30-18)16(27)21-9-10-22-31(2,28)29;/h3-4,6-7,22H,5,8-10H2,1-2H3,(H,21,27)(H4,19,20,24)(H,23,25,26);1H. The van der Waals surface area contributed by atoms with Gasteiger partial charge < -0.3 is 21.7 Å². The molecule has 0 aliphatic heterocycles. The van der Waals surface area contributed by atoms with Crippen molar-refractivity contribution in [2.75, 3.05) is 30.0 Å². The number of aryl methyl sites for hydroxylation is 2. The van der Waals surface area contributed by atoms with Crippen molar-refractivity contribution < 1.29 is 18.0 Å². The Morgan fingerprint density at radius 1 is 1.12 bits per heavy atom. The van der Waals surface area contributed by atoms with Gasteiger partial charge in [-0.3, -0.25) is 15.0 Å². The molecule has 0 unspecified atom stereocenters. The topological polar surface area (TPSA) is 179 Å². The van der Waals surface area contributed by atoms with Crippen LogP contribution < -0.4 is 26.4 Å². The van der Waals surface area contributed by atoms with E-state index in [1.54, 1.807) is 12.1 Å². The number of hydrogen-bond donors (Lipinski definition) is 6. The molecule has 1 heterocycles. The number of guanidine groups is 1. The number of carbonyl (C=O) groups excluding carboxylic acids is 2. The summed E-state index contributed by atoms with van der Waals surface area (Å²) >= 11 is 1.06. The van der Waals surface area contributed by atoms with Crippen molar-refractivity contribution in [3.05, 3.63) is 40.4 Å². The number of aromatic nitrogens is 1. The molecular weight excluding hydrogens is 478 g/mol. The van der Waals surface area contributed by atoms with Gasteiger partial charge in [-0.15, -0.1) is 12.4 Å². The number of halogens is 1. The van der Waals surface area contributed by atoms with Crippen LogP contribution in [0.4, 0.5) is 10.8 Å². The molecular formula is C18H26ClN7O4S2. The van der Waals surface area contributed by atoms with Crippen LogP contribution in [0.3, 0.4) is 0 Å². The molecule has 0 saturated heterocycles. The van der Waals surface area contributed by atoms with Crippen molar-refractivity contribution in [3.8, 4) is 0 Å². The third-order valence-electron chi connectivity index (χ3n) is 3.84. The van der Waals surface area contributed by atoms with Gasteiger partial charge in [0.05, 0.1) is 11.9 Å². The number of thiazole rings is 1. The summed E-state index contributed by atoms with van der Waals surface area (Å²) in [5.74, 6) is -0.832. The zero-order valence-corrected chi connectivity index (χ0v) is 20.0.